The fourth-order valence-corrected chi connectivity index (χ4v) is 3.76. The zero-order valence-electron chi connectivity index (χ0n) is 14.7. The highest BCUT2D eigenvalue weighted by Crippen LogP contribution is 2.23. The van der Waals surface area contributed by atoms with Gasteiger partial charge in [0.15, 0.2) is 0 Å². The van der Waals surface area contributed by atoms with Gasteiger partial charge in [-0.3, -0.25) is 4.79 Å². The van der Waals surface area contributed by atoms with E-state index in [1.807, 2.05) is 0 Å². The average molecular weight is 399 g/mol. The van der Waals surface area contributed by atoms with E-state index in [1.54, 1.807) is 26.0 Å². The Bertz CT molecular complexity index is 899. The van der Waals surface area contributed by atoms with E-state index in [2.05, 4.69) is 5.32 Å². The second kappa shape index (κ2) is 8.16. The van der Waals surface area contributed by atoms with Crippen LogP contribution in [0.4, 0.5) is 4.39 Å². The first-order chi connectivity index (χ1) is 12.1. The Balaban J connectivity index is 2.23. The molecule has 0 saturated heterocycles. The van der Waals surface area contributed by atoms with Crippen molar-refractivity contribution < 1.29 is 17.6 Å². The van der Waals surface area contributed by atoms with Gasteiger partial charge >= 0.3 is 0 Å². The number of rotatable bonds is 6. The lowest BCUT2D eigenvalue weighted by Gasteiger charge is -2.21. The van der Waals surface area contributed by atoms with Crippen molar-refractivity contribution >= 4 is 27.5 Å². The van der Waals surface area contributed by atoms with Crippen LogP contribution in [0, 0.1) is 5.82 Å². The van der Waals surface area contributed by atoms with E-state index in [0.29, 0.717) is 5.56 Å². The third-order valence-corrected chi connectivity index (χ3v) is 6.31. The monoisotopic (exact) mass is 398 g/mol. The van der Waals surface area contributed by atoms with Crippen LogP contribution in [0.25, 0.3) is 0 Å². The summed E-state index contributed by atoms with van der Waals surface area (Å²) in [6, 6.07) is 9.48. The Morgan fingerprint density at radius 1 is 1.19 bits per heavy atom. The topological polar surface area (TPSA) is 66.5 Å². The van der Waals surface area contributed by atoms with Gasteiger partial charge in [0.1, 0.15) is 5.82 Å². The minimum atomic E-state index is -3.73. The van der Waals surface area contributed by atoms with Crippen LogP contribution in [-0.2, 0) is 16.6 Å². The molecule has 0 aliphatic heterocycles. The van der Waals surface area contributed by atoms with Gasteiger partial charge in [0, 0.05) is 19.6 Å². The molecule has 0 saturated carbocycles. The lowest BCUT2D eigenvalue weighted by molar-refractivity contribution is 0.0951. The molecule has 2 aromatic rings. The van der Waals surface area contributed by atoms with E-state index in [4.69, 9.17) is 11.6 Å². The van der Waals surface area contributed by atoms with E-state index >= 15 is 0 Å². The Kier molecular flexibility index (Phi) is 6.39. The minimum absolute atomic E-state index is 0.00923. The quantitative estimate of drug-likeness (QED) is 0.810. The Morgan fingerprint density at radius 3 is 2.38 bits per heavy atom. The maximum Gasteiger partial charge on any atom is 0.253 e. The second-order valence-corrected chi connectivity index (χ2v) is 8.47. The zero-order chi connectivity index (χ0) is 19.5. The number of nitrogens with one attached hydrogen (secondary N) is 1. The van der Waals surface area contributed by atoms with Crippen molar-refractivity contribution in [3.8, 4) is 0 Å². The van der Waals surface area contributed by atoms with Gasteiger partial charge in [-0.2, -0.15) is 4.31 Å². The van der Waals surface area contributed by atoms with Gasteiger partial charge in [-0.25, -0.2) is 12.8 Å². The van der Waals surface area contributed by atoms with Crippen molar-refractivity contribution in [3.63, 3.8) is 0 Å². The molecule has 0 unspecified atom stereocenters. The number of nitrogens with zero attached hydrogens (tertiary/aromatic N) is 1. The van der Waals surface area contributed by atoms with Crippen molar-refractivity contribution in [2.75, 3.05) is 7.05 Å². The molecule has 1 amide bonds. The Hall–Kier alpha value is -1.96. The fourth-order valence-electron chi connectivity index (χ4n) is 2.16. The SMILES string of the molecule is CC(C)N(C)S(=O)(=O)c1ccc(Cl)c(C(=O)NCc2ccc(F)cc2)c1. The summed E-state index contributed by atoms with van der Waals surface area (Å²) >= 11 is 6.07. The summed E-state index contributed by atoms with van der Waals surface area (Å²) in [6.07, 6.45) is 0. The van der Waals surface area contributed by atoms with Gasteiger partial charge in [-0.1, -0.05) is 23.7 Å². The third-order valence-electron chi connectivity index (χ3n) is 3.95. The van der Waals surface area contributed by atoms with Gasteiger partial charge < -0.3 is 5.32 Å². The first kappa shape index (κ1) is 20.4. The summed E-state index contributed by atoms with van der Waals surface area (Å²) in [4.78, 5) is 12.4. The van der Waals surface area contributed by atoms with E-state index in [9.17, 15) is 17.6 Å². The van der Waals surface area contributed by atoms with Crippen molar-refractivity contribution in [3.05, 3.63) is 64.4 Å². The number of sulfonamides is 1. The van der Waals surface area contributed by atoms with Crippen LogP contribution < -0.4 is 5.32 Å². The molecule has 0 aliphatic carbocycles. The van der Waals surface area contributed by atoms with Crippen LogP contribution in [0.5, 0.6) is 0 Å². The zero-order valence-corrected chi connectivity index (χ0v) is 16.2. The summed E-state index contributed by atoms with van der Waals surface area (Å²) in [5.74, 6) is -0.876. The smallest absolute Gasteiger partial charge is 0.253 e. The molecule has 2 aromatic carbocycles. The van der Waals surface area contributed by atoms with Crippen LogP contribution in [0.3, 0.4) is 0 Å². The summed E-state index contributed by atoms with van der Waals surface area (Å²) < 4.78 is 39.3. The van der Waals surface area contributed by atoms with Crippen molar-refractivity contribution in [1.82, 2.24) is 9.62 Å². The number of carbonyl (C=O) groups excluding carboxylic acids is 1. The molecule has 1 N–H and O–H groups in total. The molecule has 0 spiro atoms. The Morgan fingerprint density at radius 2 is 1.81 bits per heavy atom. The van der Waals surface area contributed by atoms with Crippen LogP contribution in [0.1, 0.15) is 29.8 Å². The molecule has 0 fully saturated rings. The maximum absolute atomic E-state index is 12.9. The second-order valence-electron chi connectivity index (χ2n) is 6.07. The lowest BCUT2D eigenvalue weighted by Crippen LogP contribution is -2.33. The molecular formula is C18H20ClFN2O3S. The van der Waals surface area contributed by atoms with E-state index in [-0.39, 0.29) is 33.9 Å². The van der Waals surface area contributed by atoms with Gasteiger partial charge in [0.2, 0.25) is 10.0 Å². The molecule has 0 bridgehead atoms. The molecule has 0 atom stereocenters. The number of benzene rings is 2. The van der Waals surface area contributed by atoms with Crippen LogP contribution in [0.2, 0.25) is 5.02 Å². The van der Waals surface area contributed by atoms with Crippen molar-refractivity contribution in [1.29, 1.82) is 0 Å². The summed E-state index contributed by atoms with van der Waals surface area (Å²) in [5, 5.41) is 2.80. The average Bonchev–Trinajstić information content (AvgIpc) is 2.60. The van der Waals surface area contributed by atoms with E-state index < -0.39 is 15.9 Å². The molecule has 26 heavy (non-hydrogen) atoms. The largest absolute Gasteiger partial charge is 0.348 e. The van der Waals surface area contributed by atoms with Gasteiger partial charge in [0.05, 0.1) is 15.5 Å². The van der Waals surface area contributed by atoms with Crippen LogP contribution in [0.15, 0.2) is 47.4 Å². The van der Waals surface area contributed by atoms with E-state index in [0.717, 1.165) is 0 Å². The first-order valence-corrected chi connectivity index (χ1v) is 9.75. The third kappa shape index (κ3) is 4.60. The molecule has 0 aromatic heterocycles. The minimum Gasteiger partial charge on any atom is -0.348 e. The number of amides is 1. The molecule has 8 heteroatoms. The molecule has 5 nitrogen and oxygen atoms in total. The van der Waals surface area contributed by atoms with Gasteiger partial charge in [0.25, 0.3) is 5.91 Å². The van der Waals surface area contributed by atoms with Crippen molar-refractivity contribution in [2.45, 2.75) is 31.3 Å². The molecule has 140 valence electrons. The highest BCUT2D eigenvalue weighted by molar-refractivity contribution is 7.89. The van der Waals surface area contributed by atoms with Crippen LogP contribution >= 0.6 is 11.6 Å². The molecule has 0 aliphatic rings. The fraction of sp³-hybridized carbons (Fsp3) is 0.278. The highest BCUT2D eigenvalue weighted by atomic mass is 35.5. The predicted molar refractivity (Wildman–Crippen MR) is 99.1 cm³/mol. The molecule has 2 rings (SSSR count). The molecule has 0 radical (unpaired) electrons. The normalized spacial score (nSPS) is 11.8. The summed E-state index contributed by atoms with van der Waals surface area (Å²) in [6.45, 7) is 3.67. The van der Waals surface area contributed by atoms with Crippen molar-refractivity contribution in [2.24, 2.45) is 0 Å². The van der Waals surface area contributed by atoms with Gasteiger partial charge in [-0.15, -0.1) is 0 Å². The summed E-state index contributed by atoms with van der Waals surface area (Å²) in [5.41, 5.74) is 0.770. The maximum atomic E-state index is 12.9. The number of hydrogen-bond acceptors (Lipinski definition) is 3. The van der Waals surface area contributed by atoms with Crippen LogP contribution in [-0.4, -0.2) is 31.7 Å². The highest BCUT2D eigenvalue weighted by Gasteiger charge is 2.25. The standard InChI is InChI=1S/C18H20ClFN2O3S/c1-12(2)22(3)26(24,25)15-8-9-17(19)16(10-15)18(23)21-11-13-4-6-14(20)7-5-13/h4-10,12H,11H2,1-3H3,(H,21,23). The number of carbonyl (C=O) groups is 1. The first-order valence-electron chi connectivity index (χ1n) is 7.93. The number of hydrogen-bond donors (Lipinski definition) is 1. The Labute approximate surface area is 157 Å². The van der Waals surface area contributed by atoms with E-state index in [1.165, 1.54) is 41.7 Å². The lowest BCUT2D eigenvalue weighted by atomic mass is 10.2. The molecule has 0 heterocycles. The summed E-state index contributed by atoms with van der Waals surface area (Å²) in [7, 11) is -2.25. The molecular weight excluding hydrogens is 379 g/mol. The number of halogens is 2. The van der Waals surface area contributed by atoms with Gasteiger partial charge in [-0.05, 0) is 49.7 Å². The predicted octanol–water partition coefficient (Wildman–Crippen LogP) is 3.44.